The molecule has 108 heavy (non-hydrogen) atoms. The van der Waals surface area contributed by atoms with E-state index in [1.807, 2.05) is 18.2 Å². The minimum atomic E-state index is -5.01. The zero-order valence-electron chi connectivity index (χ0n) is 66.7. The molecule has 0 amide bonds. The van der Waals surface area contributed by atoms with Crippen molar-refractivity contribution in [1.29, 1.82) is 0 Å². The molecule has 5 unspecified atom stereocenters. The molecule has 17 nitrogen and oxygen atoms in total. The highest BCUT2D eigenvalue weighted by molar-refractivity contribution is 7.47. The van der Waals surface area contributed by atoms with Crippen LogP contribution in [0.5, 0.6) is 0 Å². The van der Waals surface area contributed by atoms with Crippen LogP contribution in [0.3, 0.4) is 0 Å². The minimum absolute atomic E-state index is 0.0250. The Kier molecular flexibility index (Phi) is 74.5. The third-order valence-electron chi connectivity index (χ3n) is 16.0. The minimum Gasteiger partial charge on any atom is -0.462 e. The summed E-state index contributed by atoms with van der Waals surface area (Å²) in [5, 5.41) is 10.7. The van der Waals surface area contributed by atoms with E-state index in [9.17, 15) is 43.2 Å². The number of hydrogen-bond donors (Lipinski definition) is 3. The van der Waals surface area contributed by atoms with Gasteiger partial charge in [0.25, 0.3) is 0 Å². The van der Waals surface area contributed by atoms with E-state index in [4.69, 9.17) is 37.0 Å². The molecule has 0 saturated carbocycles. The van der Waals surface area contributed by atoms with Crippen LogP contribution in [0.25, 0.3) is 0 Å². The van der Waals surface area contributed by atoms with Gasteiger partial charge in [0.05, 0.1) is 26.4 Å². The molecule has 0 aliphatic carbocycles. The molecule has 5 atom stereocenters. The molecule has 0 rings (SSSR count). The number of phosphoric acid groups is 2. The molecule has 0 aromatic carbocycles. The van der Waals surface area contributed by atoms with E-state index >= 15 is 0 Å². The van der Waals surface area contributed by atoms with Crippen LogP contribution in [0.4, 0.5) is 0 Å². The molecular formula is C89H142O17P2. The Morgan fingerprint density at radius 3 is 0.815 bits per heavy atom. The van der Waals surface area contributed by atoms with E-state index in [0.717, 1.165) is 173 Å². The second-order valence-electron chi connectivity index (χ2n) is 26.2. The Morgan fingerprint density at radius 1 is 0.269 bits per heavy atom. The van der Waals surface area contributed by atoms with Crippen molar-refractivity contribution in [2.45, 2.75) is 303 Å². The lowest BCUT2D eigenvalue weighted by molar-refractivity contribution is -0.161. The maximum Gasteiger partial charge on any atom is 0.472 e. The van der Waals surface area contributed by atoms with Gasteiger partial charge in [0.15, 0.2) is 12.2 Å². The quantitative estimate of drug-likeness (QED) is 0.0169. The van der Waals surface area contributed by atoms with E-state index in [-0.39, 0.29) is 25.7 Å². The molecule has 0 aliphatic heterocycles. The molecule has 0 bridgehead atoms. The van der Waals surface area contributed by atoms with Crippen LogP contribution in [0, 0.1) is 0 Å². The van der Waals surface area contributed by atoms with Crippen LogP contribution in [-0.2, 0) is 65.4 Å². The van der Waals surface area contributed by atoms with Crippen LogP contribution in [0.2, 0.25) is 0 Å². The Hall–Kier alpha value is -6.10. The van der Waals surface area contributed by atoms with E-state index in [1.54, 1.807) is 0 Å². The monoisotopic (exact) mass is 1540 g/mol. The normalized spacial score (nSPS) is 14.8. The van der Waals surface area contributed by atoms with Crippen molar-refractivity contribution >= 4 is 39.5 Å². The summed E-state index contributed by atoms with van der Waals surface area (Å²) in [6, 6.07) is 0. The maximum absolute atomic E-state index is 13.1. The molecule has 610 valence electrons. The smallest absolute Gasteiger partial charge is 0.462 e. The number of allylic oxidation sites excluding steroid dienone is 32. The van der Waals surface area contributed by atoms with Crippen molar-refractivity contribution in [3.8, 4) is 0 Å². The van der Waals surface area contributed by atoms with E-state index in [0.29, 0.717) is 38.5 Å². The average molecular weight is 1550 g/mol. The number of carbonyl (C=O) groups is 4. The van der Waals surface area contributed by atoms with Crippen molar-refractivity contribution in [2.75, 3.05) is 39.6 Å². The Balaban J connectivity index is 5.50. The highest BCUT2D eigenvalue weighted by atomic mass is 31.2. The molecule has 0 aromatic heterocycles. The summed E-state index contributed by atoms with van der Waals surface area (Å²) in [6.45, 7) is 4.32. The number of phosphoric ester groups is 2. The van der Waals surface area contributed by atoms with Crippen molar-refractivity contribution in [3.05, 3.63) is 194 Å². The lowest BCUT2D eigenvalue weighted by Gasteiger charge is -2.21. The van der Waals surface area contributed by atoms with E-state index in [2.05, 4.69) is 204 Å². The van der Waals surface area contributed by atoms with Gasteiger partial charge in [-0.05, 0) is 173 Å². The third kappa shape index (κ3) is 78.0. The fourth-order valence-corrected chi connectivity index (χ4v) is 11.5. The van der Waals surface area contributed by atoms with Gasteiger partial charge in [-0.2, -0.15) is 0 Å². The summed E-state index contributed by atoms with van der Waals surface area (Å²) in [6.07, 6.45) is 97.1. The molecule has 19 heteroatoms. The van der Waals surface area contributed by atoms with Crippen molar-refractivity contribution in [2.24, 2.45) is 0 Å². The lowest BCUT2D eigenvalue weighted by atomic mass is 10.1. The van der Waals surface area contributed by atoms with Gasteiger partial charge in [-0.15, -0.1) is 0 Å². The largest absolute Gasteiger partial charge is 0.472 e. The molecule has 0 fully saturated rings. The van der Waals surface area contributed by atoms with Crippen LogP contribution in [-0.4, -0.2) is 96.7 Å². The first kappa shape index (κ1) is 102. The summed E-state index contributed by atoms with van der Waals surface area (Å²) >= 11 is 0. The Labute approximate surface area is 653 Å². The second kappa shape index (κ2) is 79.0. The van der Waals surface area contributed by atoms with Gasteiger partial charge in [-0.1, -0.05) is 280 Å². The summed E-state index contributed by atoms with van der Waals surface area (Å²) in [4.78, 5) is 73.1. The molecule has 0 radical (unpaired) electrons. The average Bonchev–Trinajstić information content (AvgIpc) is 0.923. The summed E-state index contributed by atoms with van der Waals surface area (Å²) in [5.74, 6) is -2.37. The highest BCUT2D eigenvalue weighted by Gasteiger charge is 2.30. The number of ether oxygens (including phenoxy) is 4. The fourth-order valence-electron chi connectivity index (χ4n) is 9.96. The van der Waals surface area contributed by atoms with Crippen molar-refractivity contribution in [3.63, 3.8) is 0 Å². The Bertz CT molecular complexity index is 2810. The van der Waals surface area contributed by atoms with Crippen LogP contribution >= 0.6 is 15.6 Å². The maximum atomic E-state index is 13.1. The number of aliphatic hydroxyl groups excluding tert-OH is 1. The molecule has 0 heterocycles. The summed E-state index contributed by atoms with van der Waals surface area (Å²) < 4.78 is 68.5. The van der Waals surface area contributed by atoms with Gasteiger partial charge >= 0.3 is 39.5 Å². The number of rotatable bonds is 74. The van der Waals surface area contributed by atoms with Crippen LogP contribution < -0.4 is 0 Å². The van der Waals surface area contributed by atoms with Gasteiger partial charge in [0.1, 0.15) is 19.3 Å². The molecule has 3 N–H and O–H groups in total. The molecular weight excluding hydrogens is 1400 g/mol. The zero-order chi connectivity index (χ0) is 78.9. The van der Waals surface area contributed by atoms with Gasteiger partial charge in [-0.3, -0.25) is 37.3 Å². The van der Waals surface area contributed by atoms with Gasteiger partial charge in [0, 0.05) is 25.7 Å². The standard InChI is InChI=1S/C89H142O17P2/c1-5-9-13-17-21-25-29-33-37-39-41-43-47-49-53-57-61-65-69-73-86(91)99-79-84(105-88(93)75-71-67-63-59-55-51-45-35-31-27-23-19-15-11-7-3)81-103-107(95,96)101-77-83(90)78-102-108(97,98)104-82-85(106-89(94)76-72-68-64-60-56-52-46-36-32-28-24-20-16-12-8-4)80-100-87(92)74-70-66-62-58-54-50-48-44-42-40-38-34-30-26-22-18-14-10-6-2/h9-11,13-15,21-28,33-38,41-46,50,54-55,59,62,66,83-85,90H,5-8,12,16-20,29-32,39-40,47-49,51-53,56-58,60-61,63-65,67-82H2,1-4H3,(H,95,96)(H,97,98)/b13-9-,14-10-,15-11-,25-21-,26-22-,27-23-,28-24-,37-33-,38-34-,43-41-,44-42-,45-35-,46-36-,54-50-,59-55-,66-62-. The topological polar surface area (TPSA) is 237 Å². The van der Waals surface area contributed by atoms with Crippen LogP contribution in [0.1, 0.15) is 285 Å². The molecule has 0 aromatic rings. The van der Waals surface area contributed by atoms with Crippen molar-refractivity contribution < 1.29 is 80.2 Å². The predicted molar refractivity (Wildman–Crippen MR) is 445 cm³/mol. The zero-order valence-corrected chi connectivity index (χ0v) is 68.5. The second-order valence-corrected chi connectivity index (χ2v) is 29.1. The Morgan fingerprint density at radius 2 is 0.500 bits per heavy atom. The fraction of sp³-hybridized carbons (Fsp3) is 0.596. The molecule has 0 spiro atoms. The van der Waals surface area contributed by atoms with Crippen molar-refractivity contribution in [1.82, 2.24) is 0 Å². The number of aliphatic hydroxyl groups is 1. The first-order chi connectivity index (χ1) is 52.7. The van der Waals surface area contributed by atoms with E-state index in [1.165, 1.54) is 19.3 Å². The van der Waals surface area contributed by atoms with E-state index < -0.39 is 97.5 Å². The SMILES string of the molecule is CC/C=C\C/C=C\C/C=C\C/C=C\C/C=C\C/C=C\CCC(=O)OCC(COP(=O)(O)OCC(O)COP(=O)(O)OCC(COC(=O)CCCCCCCC/C=C\C/C=C\C/C=C\C/C=C\CC)OC(=O)CCCC/C=C\C/C=C\C/C=C\C/C=C\CC)OC(=O)CCCCCCC/C=C\C/C=C\CCCCC. The highest BCUT2D eigenvalue weighted by Crippen LogP contribution is 2.45. The van der Waals surface area contributed by atoms with Crippen LogP contribution in [0.15, 0.2) is 194 Å². The molecule has 0 saturated heterocycles. The number of hydrogen-bond acceptors (Lipinski definition) is 15. The van der Waals surface area contributed by atoms with Gasteiger partial charge in [-0.25, -0.2) is 9.13 Å². The first-order valence-electron chi connectivity index (χ1n) is 40.7. The lowest BCUT2D eigenvalue weighted by Crippen LogP contribution is -2.30. The predicted octanol–water partition coefficient (Wildman–Crippen LogP) is 24.1. The number of esters is 4. The summed E-state index contributed by atoms with van der Waals surface area (Å²) in [5.41, 5.74) is 0. The first-order valence-corrected chi connectivity index (χ1v) is 43.7. The number of unbranched alkanes of at least 4 members (excludes halogenated alkanes) is 16. The number of carbonyl (C=O) groups excluding carboxylic acids is 4. The molecule has 0 aliphatic rings. The summed E-state index contributed by atoms with van der Waals surface area (Å²) in [7, 11) is -10.0. The van der Waals surface area contributed by atoms with Gasteiger partial charge in [0.2, 0.25) is 0 Å². The third-order valence-corrected chi connectivity index (χ3v) is 17.9. The van der Waals surface area contributed by atoms with Gasteiger partial charge < -0.3 is 33.8 Å².